The lowest BCUT2D eigenvalue weighted by atomic mass is 10.1. The summed E-state index contributed by atoms with van der Waals surface area (Å²) >= 11 is 1.51. The zero-order chi connectivity index (χ0) is 15.5. The minimum absolute atomic E-state index is 0.0351. The van der Waals surface area contributed by atoms with Crippen LogP contribution < -0.4 is 15.8 Å². The van der Waals surface area contributed by atoms with Crippen LogP contribution in [0, 0.1) is 0 Å². The zero-order valence-corrected chi connectivity index (χ0v) is 13.2. The van der Waals surface area contributed by atoms with Gasteiger partial charge in [-0.1, -0.05) is 0 Å². The van der Waals surface area contributed by atoms with Crippen molar-refractivity contribution in [1.82, 2.24) is 14.9 Å². The molecule has 0 aliphatic carbocycles. The highest BCUT2D eigenvalue weighted by molar-refractivity contribution is 7.08. The number of thiophene rings is 1. The molecule has 0 saturated carbocycles. The van der Waals surface area contributed by atoms with Crippen molar-refractivity contribution in [2.45, 2.75) is 18.9 Å². The van der Waals surface area contributed by atoms with E-state index in [9.17, 15) is 9.59 Å². The van der Waals surface area contributed by atoms with Crippen LogP contribution in [0.5, 0.6) is 0 Å². The van der Waals surface area contributed by atoms with Gasteiger partial charge in [0.2, 0.25) is 0 Å². The summed E-state index contributed by atoms with van der Waals surface area (Å²) in [5.41, 5.74) is 0.586. The Hall–Kier alpha value is -2.15. The van der Waals surface area contributed by atoms with Gasteiger partial charge >= 0.3 is 0 Å². The molecule has 1 fully saturated rings. The molecule has 1 N–H and O–H groups in total. The third kappa shape index (κ3) is 3.04. The molecule has 0 bridgehead atoms. The number of hydrogen-bond acceptors (Lipinski definition) is 5. The first-order valence-electron chi connectivity index (χ1n) is 7.25. The van der Waals surface area contributed by atoms with Crippen LogP contribution >= 0.6 is 11.3 Å². The second kappa shape index (κ2) is 6.31. The number of rotatable bonds is 3. The van der Waals surface area contributed by atoms with Crippen LogP contribution in [0.3, 0.4) is 0 Å². The van der Waals surface area contributed by atoms with Gasteiger partial charge in [-0.3, -0.25) is 9.59 Å². The van der Waals surface area contributed by atoms with E-state index in [0.29, 0.717) is 17.9 Å². The van der Waals surface area contributed by atoms with E-state index in [1.165, 1.54) is 15.9 Å². The van der Waals surface area contributed by atoms with Crippen molar-refractivity contribution in [2.75, 3.05) is 18.0 Å². The summed E-state index contributed by atoms with van der Waals surface area (Å²) in [6, 6.07) is 1.85. The summed E-state index contributed by atoms with van der Waals surface area (Å²) in [4.78, 5) is 30.5. The van der Waals surface area contributed by atoms with Gasteiger partial charge in [0.1, 0.15) is 0 Å². The first-order chi connectivity index (χ1) is 10.6. The molecule has 0 unspecified atom stereocenters. The molecule has 3 heterocycles. The van der Waals surface area contributed by atoms with Gasteiger partial charge in [0.05, 0.1) is 0 Å². The summed E-state index contributed by atoms with van der Waals surface area (Å²) in [7, 11) is 1.72. The molecule has 116 valence electrons. The van der Waals surface area contributed by atoms with E-state index in [-0.39, 0.29) is 17.5 Å². The maximum Gasteiger partial charge on any atom is 0.293 e. The molecule has 0 radical (unpaired) electrons. The average molecular weight is 318 g/mol. The molecule has 3 rings (SSSR count). The average Bonchev–Trinajstić information content (AvgIpc) is 3.05. The summed E-state index contributed by atoms with van der Waals surface area (Å²) in [5, 5.41) is 6.77. The normalized spacial score (nSPS) is 18.2. The number of anilines is 1. The lowest BCUT2D eigenvalue weighted by Gasteiger charge is -2.33. The topological polar surface area (TPSA) is 67.2 Å². The summed E-state index contributed by atoms with van der Waals surface area (Å²) < 4.78 is 1.52. The molecule has 22 heavy (non-hydrogen) atoms. The van der Waals surface area contributed by atoms with E-state index in [2.05, 4.69) is 10.3 Å². The van der Waals surface area contributed by atoms with Crippen LogP contribution in [0.15, 0.2) is 34.0 Å². The zero-order valence-electron chi connectivity index (χ0n) is 12.4. The molecular formula is C15H18N4O2S. The van der Waals surface area contributed by atoms with Gasteiger partial charge in [0.15, 0.2) is 5.82 Å². The number of amides is 1. The molecule has 7 heteroatoms. The molecule has 0 spiro atoms. The largest absolute Gasteiger partial charge is 0.350 e. The Bertz CT molecular complexity index is 711. The van der Waals surface area contributed by atoms with Crippen LogP contribution in [0.1, 0.15) is 23.2 Å². The predicted octanol–water partition coefficient (Wildman–Crippen LogP) is 1.24. The van der Waals surface area contributed by atoms with E-state index in [0.717, 1.165) is 19.4 Å². The maximum atomic E-state index is 12.2. The van der Waals surface area contributed by atoms with Crippen LogP contribution in [-0.2, 0) is 7.05 Å². The summed E-state index contributed by atoms with van der Waals surface area (Å²) in [6.45, 7) is 1.40. The molecule has 2 aromatic heterocycles. The molecule has 1 aliphatic rings. The van der Waals surface area contributed by atoms with Crippen LogP contribution in [-0.4, -0.2) is 34.6 Å². The fourth-order valence-electron chi connectivity index (χ4n) is 2.65. The number of piperidine rings is 1. The van der Waals surface area contributed by atoms with Gasteiger partial charge in [0, 0.05) is 49.5 Å². The van der Waals surface area contributed by atoms with E-state index in [4.69, 9.17) is 0 Å². The fraction of sp³-hybridized carbons (Fsp3) is 0.400. The Kier molecular flexibility index (Phi) is 4.24. The van der Waals surface area contributed by atoms with Crippen molar-refractivity contribution in [2.24, 2.45) is 7.05 Å². The van der Waals surface area contributed by atoms with Gasteiger partial charge in [0.25, 0.3) is 11.5 Å². The van der Waals surface area contributed by atoms with E-state index in [1.54, 1.807) is 19.4 Å². The molecule has 1 atom stereocenters. The van der Waals surface area contributed by atoms with Crippen molar-refractivity contribution in [3.8, 4) is 0 Å². The molecule has 1 saturated heterocycles. The van der Waals surface area contributed by atoms with Crippen molar-refractivity contribution < 1.29 is 4.79 Å². The van der Waals surface area contributed by atoms with Gasteiger partial charge < -0.3 is 14.8 Å². The number of nitrogens with one attached hydrogen (secondary N) is 1. The minimum Gasteiger partial charge on any atom is -0.350 e. The monoisotopic (exact) mass is 318 g/mol. The van der Waals surface area contributed by atoms with Crippen LogP contribution in [0.2, 0.25) is 0 Å². The van der Waals surface area contributed by atoms with Crippen molar-refractivity contribution in [3.05, 3.63) is 45.1 Å². The summed E-state index contributed by atoms with van der Waals surface area (Å²) in [5.74, 6) is 0.404. The molecule has 1 aliphatic heterocycles. The second-order valence-electron chi connectivity index (χ2n) is 5.44. The van der Waals surface area contributed by atoms with E-state index < -0.39 is 0 Å². The third-order valence-corrected chi connectivity index (χ3v) is 4.52. The number of aryl methyl sites for hydroxylation is 1. The number of hydrogen-bond donors (Lipinski definition) is 1. The highest BCUT2D eigenvalue weighted by Crippen LogP contribution is 2.15. The summed E-state index contributed by atoms with van der Waals surface area (Å²) in [6.07, 6.45) is 5.11. The Labute approximate surface area is 132 Å². The molecule has 2 aromatic rings. The van der Waals surface area contributed by atoms with Crippen LogP contribution in [0.4, 0.5) is 5.82 Å². The molecule has 1 amide bonds. The lowest BCUT2D eigenvalue weighted by Crippen LogP contribution is -2.49. The number of carbonyl (C=O) groups excluding carboxylic acids is 1. The van der Waals surface area contributed by atoms with Crippen molar-refractivity contribution in [3.63, 3.8) is 0 Å². The highest BCUT2D eigenvalue weighted by atomic mass is 32.1. The standard InChI is InChI=1S/C15H18N4O2S/c1-18-7-5-16-13(15(18)21)19-6-2-3-12(9-19)17-14(20)11-4-8-22-10-11/h4-5,7-8,10,12H,2-3,6,9H2,1H3,(H,17,20)/t12-/m0/s1. The molecule has 0 aromatic carbocycles. The predicted molar refractivity (Wildman–Crippen MR) is 86.5 cm³/mol. The van der Waals surface area contributed by atoms with Crippen molar-refractivity contribution in [1.29, 1.82) is 0 Å². The number of nitrogens with zero attached hydrogens (tertiary/aromatic N) is 3. The first kappa shape index (κ1) is 14.8. The van der Waals surface area contributed by atoms with E-state index in [1.807, 2.05) is 21.7 Å². The van der Waals surface area contributed by atoms with E-state index >= 15 is 0 Å². The number of aromatic nitrogens is 2. The van der Waals surface area contributed by atoms with Crippen LogP contribution in [0.25, 0.3) is 0 Å². The van der Waals surface area contributed by atoms with Gasteiger partial charge in [-0.2, -0.15) is 11.3 Å². The smallest absolute Gasteiger partial charge is 0.293 e. The molecule has 6 nitrogen and oxygen atoms in total. The second-order valence-corrected chi connectivity index (χ2v) is 6.22. The SMILES string of the molecule is Cn1ccnc(N2CCC[C@H](NC(=O)c3ccsc3)C2)c1=O. The van der Waals surface area contributed by atoms with Gasteiger partial charge in [-0.05, 0) is 24.3 Å². The molecular weight excluding hydrogens is 300 g/mol. The fourth-order valence-corrected chi connectivity index (χ4v) is 3.29. The quantitative estimate of drug-likeness (QED) is 0.924. The Morgan fingerprint density at radius 1 is 1.50 bits per heavy atom. The highest BCUT2D eigenvalue weighted by Gasteiger charge is 2.24. The maximum absolute atomic E-state index is 12.2. The van der Waals surface area contributed by atoms with Gasteiger partial charge in [-0.15, -0.1) is 0 Å². The minimum atomic E-state index is -0.104. The Balaban J connectivity index is 1.70. The lowest BCUT2D eigenvalue weighted by molar-refractivity contribution is 0.0933. The number of carbonyl (C=O) groups is 1. The Morgan fingerprint density at radius 3 is 3.14 bits per heavy atom. The van der Waals surface area contributed by atoms with Crippen molar-refractivity contribution >= 4 is 23.1 Å². The Morgan fingerprint density at radius 2 is 2.36 bits per heavy atom. The first-order valence-corrected chi connectivity index (χ1v) is 8.19. The third-order valence-electron chi connectivity index (χ3n) is 3.84. The van der Waals surface area contributed by atoms with Gasteiger partial charge in [-0.25, -0.2) is 4.98 Å².